The van der Waals surface area contributed by atoms with Gasteiger partial charge in [0.05, 0.1) is 5.69 Å². The molecule has 0 unspecified atom stereocenters. The van der Waals surface area contributed by atoms with Crippen LogP contribution in [0.25, 0.3) is 0 Å². The van der Waals surface area contributed by atoms with Gasteiger partial charge in [0, 0.05) is 14.1 Å². The Bertz CT molecular complexity index is 112. The Balaban J connectivity index is 3.05. The van der Waals surface area contributed by atoms with Crippen LogP contribution in [-0.2, 0) is 0 Å². The molecule has 0 aromatic carbocycles. The molecule has 1 aromatic rings. The van der Waals surface area contributed by atoms with Gasteiger partial charge in [-0.2, -0.15) is 5.10 Å². The predicted octanol–water partition coefficient (Wildman–Crippen LogP) is 1.30. The van der Waals surface area contributed by atoms with Crippen molar-refractivity contribution in [2.75, 3.05) is 0 Å². The van der Waals surface area contributed by atoms with Crippen LogP contribution in [0.4, 0.5) is 0 Å². The van der Waals surface area contributed by atoms with Gasteiger partial charge in [-0.05, 0) is 6.92 Å². The molecule has 0 saturated heterocycles. The summed E-state index contributed by atoms with van der Waals surface area (Å²) in [6, 6.07) is 0. The average Bonchev–Trinajstić information content (AvgIpc) is 1.86. The van der Waals surface area contributed by atoms with Gasteiger partial charge >= 0.3 is 0 Å². The Hall–Kier alpha value is -0.360. The molecule has 2 nitrogen and oxygen atoms in total. The van der Waals surface area contributed by atoms with Gasteiger partial charge in [-0.1, -0.05) is 0 Å². The van der Waals surface area contributed by atoms with Crippen molar-refractivity contribution in [2.45, 2.75) is 6.92 Å². The van der Waals surface area contributed by atoms with Crippen molar-refractivity contribution < 1.29 is 0 Å². The zero-order chi connectivity index (χ0) is 4.41. The lowest BCUT2D eigenvalue weighted by Crippen LogP contribution is -1.64. The highest BCUT2D eigenvalue weighted by Gasteiger charge is 1.75. The molecular weight excluding hydrogens is 95.0 g/mol. The Labute approximate surface area is 37.8 Å². The highest BCUT2D eigenvalue weighted by Crippen LogP contribution is 1.97. The van der Waals surface area contributed by atoms with Crippen LogP contribution in [-0.4, -0.2) is 9.96 Å². The second-order valence-corrected chi connectivity index (χ2v) is 1.83. The fourth-order valence-electron chi connectivity index (χ4n) is 0.259. The van der Waals surface area contributed by atoms with E-state index in [-0.39, 0.29) is 0 Å². The summed E-state index contributed by atoms with van der Waals surface area (Å²) in [6.45, 7) is 1.97. The molecule has 0 saturated carbocycles. The number of aryl methyl sites for hydroxylation is 1. The number of rotatable bonds is 0. The van der Waals surface area contributed by atoms with Gasteiger partial charge < -0.3 is 0 Å². The van der Waals surface area contributed by atoms with Crippen LogP contribution in [0.15, 0.2) is 5.80 Å². The van der Waals surface area contributed by atoms with Gasteiger partial charge in [0.2, 0.25) is 0 Å². The summed E-state index contributed by atoms with van der Waals surface area (Å²) in [5, 5.41) is 3.83. The number of hydrogen-bond acceptors (Lipinski definition) is 1. The van der Waals surface area contributed by atoms with Crippen molar-refractivity contribution in [3.05, 3.63) is 11.5 Å². The Morgan fingerprint density at radius 1 is 2.00 bits per heavy atom. The van der Waals surface area contributed by atoms with E-state index in [1.54, 1.807) is 0 Å². The lowest BCUT2D eigenvalue weighted by Gasteiger charge is -1.64. The van der Waals surface area contributed by atoms with Crippen LogP contribution < -0.4 is 0 Å². The Morgan fingerprint density at radius 2 is 2.83 bits per heavy atom. The molecule has 0 radical (unpaired) electrons. The third-order valence-corrected chi connectivity index (χ3v) is 1.25. The van der Waals surface area contributed by atoms with Gasteiger partial charge in [0.15, 0.2) is 0 Å². The van der Waals surface area contributed by atoms with Crippen molar-refractivity contribution in [1.29, 1.82) is 0 Å². The highest BCUT2D eigenvalue weighted by molar-refractivity contribution is 7.24. The maximum atomic E-state index is 3.83. The second-order valence-electron chi connectivity index (χ2n) is 1.11. The first-order valence-corrected chi connectivity index (χ1v) is 2.68. The van der Waals surface area contributed by atoms with Crippen LogP contribution in [0.2, 0.25) is 0 Å². The monoisotopic (exact) mass is 100 g/mol. The summed E-state index contributed by atoms with van der Waals surface area (Å²) in [6.07, 6.45) is 0. The minimum Gasteiger partial charge on any atom is -0.260 e. The van der Waals surface area contributed by atoms with Crippen LogP contribution in [0.5, 0.6) is 0 Å². The zero-order valence-corrected chi connectivity index (χ0v) is 4.37. The van der Waals surface area contributed by atoms with Crippen molar-refractivity contribution in [2.24, 2.45) is 0 Å². The maximum absolute atomic E-state index is 3.83. The molecule has 0 atom stereocenters. The molecule has 0 aliphatic rings. The Kier molecular flexibility index (Phi) is 0.887. The van der Waals surface area contributed by atoms with E-state index < -0.39 is 0 Å². The quantitative estimate of drug-likeness (QED) is 0.523. The average molecular weight is 100 g/mol. The first-order chi connectivity index (χ1) is 2.89. The van der Waals surface area contributed by atoms with E-state index >= 15 is 0 Å². The fraction of sp³-hybridized carbons (Fsp3) is 0.333. The predicted molar refractivity (Wildman–Crippen MR) is 25.8 cm³/mol. The molecule has 0 spiro atoms. The highest BCUT2D eigenvalue weighted by atomic mass is 31.0. The number of nitrogens with zero attached hydrogens (tertiary/aromatic N) is 1. The van der Waals surface area contributed by atoms with E-state index in [4.69, 9.17) is 0 Å². The van der Waals surface area contributed by atoms with Crippen LogP contribution in [0.3, 0.4) is 0 Å². The topological polar surface area (TPSA) is 28.7 Å². The summed E-state index contributed by atoms with van der Waals surface area (Å²) < 4.78 is 0. The van der Waals surface area contributed by atoms with E-state index in [1.165, 1.54) is 0 Å². The number of nitrogens with one attached hydrogen (secondary N) is 1. The van der Waals surface area contributed by atoms with Crippen LogP contribution in [0.1, 0.15) is 5.69 Å². The van der Waals surface area contributed by atoms with Crippen molar-refractivity contribution >= 4 is 8.35 Å². The van der Waals surface area contributed by atoms with Crippen molar-refractivity contribution in [3.63, 3.8) is 0 Å². The van der Waals surface area contributed by atoms with E-state index in [0.717, 1.165) is 14.0 Å². The van der Waals surface area contributed by atoms with E-state index in [9.17, 15) is 0 Å². The molecule has 3 heteroatoms. The standard InChI is InChI=1S/C3H5N2P/c1-3-2-6-5-4-3/h2H,1H3,(H,4,5). The summed E-state index contributed by atoms with van der Waals surface area (Å²) in [4.78, 5) is 2.78. The first-order valence-electron chi connectivity index (χ1n) is 1.72. The van der Waals surface area contributed by atoms with E-state index in [1.807, 2.05) is 12.7 Å². The lowest BCUT2D eigenvalue weighted by molar-refractivity contribution is 1.09. The van der Waals surface area contributed by atoms with Crippen LogP contribution >= 0.6 is 8.35 Å². The molecule has 6 heavy (non-hydrogen) atoms. The van der Waals surface area contributed by atoms with Crippen LogP contribution in [0, 0.1) is 6.92 Å². The molecule has 0 bridgehead atoms. The molecule has 0 amide bonds. The molecular formula is C3H5N2P. The van der Waals surface area contributed by atoms with Gasteiger partial charge in [-0.3, -0.25) is 4.86 Å². The fourth-order valence-corrected chi connectivity index (χ4v) is 0.777. The lowest BCUT2D eigenvalue weighted by atomic mass is 10.6. The third-order valence-electron chi connectivity index (χ3n) is 0.535. The maximum Gasteiger partial charge on any atom is 0.0639 e. The van der Waals surface area contributed by atoms with Crippen molar-refractivity contribution in [1.82, 2.24) is 9.96 Å². The third kappa shape index (κ3) is 0.575. The normalized spacial score (nSPS) is 10.2. The van der Waals surface area contributed by atoms with Gasteiger partial charge in [0.1, 0.15) is 0 Å². The molecule has 1 N–H and O–H groups in total. The smallest absolute Gasteiger partial charge is 0.0639 e. The summed E-state index contributed by atoms with van der Waals surface area (Å²) in [7, 11) is 1.11. The first kappa shape index (κ1) is 3.82. The molecule has 0 aliphatic heterocycles. The largest absolute Gasteiger partial charge is 0.260 e. The SMILES string of the molecule is Cc1cp[nH]n1. The Morgan fingerprint density at radius 3 is 3.00 bits per heavy atom. The molecule has 1 rings (SSSR count). The number of aromatic amines is 1. The van der Waals surface area contributed by atoms with E-state index in [0.29, 0.717) is 0 Å². The van der Waals surface area contributed by atoms with Gasteiger partial charge in [-0.15, -0.1) is 0 Å². The minimum atomic E-state index is 1.08. The number of hydrogen-bond donors (Lipinski definition) is 1. The zero-order valence-electron chi connectivity index (χ0n) is 3.47. The van der Waals surface area contributed by atoms with Crippen molar-refractivity contribution in [3.8, 4) is 0 Å². The summed E-state index contributed by atoms with van der Waals surface area (Å²) in [5.74, 6) is 2.01. The number of H-pyrrole nitrogens is 1. The van der Waals surface area contributed by atoms with Gasteiger partial charge in [-0.25, -0.2) is 0 Å². The second kappa shape index (κ2) is 1.39. The number of aromatic nitrogens is 2. The van der Waals surface area contributed by atoms with Gasteiger partial charge in [0.25, 0.3) is 0 Å². The van der Waals surface area contributed by atoms with E-state index in [2.05, 4.69) is 9.96 Å². The molecule has 1 heterocycles. The molecule has 0 fully saturated rings. The molecule has 32 valence electrons. The summed E-state index contributed by atoms with van der Waals surface area (Å²) in [5.41, 5.74) is 1.08. The molecule has 1 aromatic heterocycles. The molecule has 0 aliphatic carbocycles. The summed E-state index contributed by atoms with van der Waals surface area (Å²) >= 11 is 0. The minimum absolute atomic E-state index is 1.08.